The molecule has 2 rings (SSSR count). The summed E-state index contributed by atoms with van der Waals surface area (Å²) in [6.45, 7) is 7.32. The zero-order valence-electron chi connectivity index (χ0n) is 15.2. The summed E-state index contributed by atoms with van der Waals surface area (Å²) < 4.78 is 0. The molecule has 0 bridgehead atoms. The van der Waals surface area contributed by atoms with Gasteiger partial charge in [0, 0.05) is 52.9 Å². The van der Waals surface area contributed by atoms with E-state index < -0.39 is 0 Å². The Kier molecular flexibility index (Phi) is 6.42. The van der Waals surface area contributed by atoms with E-state index in [1.165, 1.54) is 11.1 Å². The molecular weight excluding hydrogens is 286 g/mol. The molecule has 1 aromatic rings. The number of piperazine rings is 1. The fourth-order valence-corrected chi connectivity index (χ4v) is 3.03. The Morgan fingerprint density at radius 1 is 1.30 bits per heavy atom. The molecule has 1 saturated heterocycles. The van der Waals surface area contributed by atoms with Crippen LogP contribution in [0.25, 0.3) is 0 Å². The summed E-state index contributed by atoms with van der Waals surface area (Å²) in [4.78, 5) is 11.5. The van der Waals surface area contributed by atoms with Crippen molar-refractivity contribution in [2.75, 3.05) is 54.4 Å². The second kappa shape index (κ2) is 8.31. The van der Waals surface area contributed by atoms with Crippen LogP contribution in [-0.4, -0.2) is 81.1 Å². The van der Waals surface area contributed by atoms with Gasteiger partial charge in [-0.1, -0.05) is 24.3 Å². The van der Waals surface area contributed by atoms with Gasteiger partial charge in [-0.05, 0) is 32.1 Å². The number of nitrogens with one attached hydrogen (secondary N) is 1. The first-order valence-corrected chi connectivity index (χ1v) is 8.36. The van der Waals surface area contributed by atoms with Gasteiger partial charge >= 0.3 is 0 Å². The lowest BCUT2D eigenvalue weighted by Crippen LogP contribution is -2.55. The lowest BCUT2D eigenvalue weighted by atomic mass is 10.1. The molecule has 0 spiro atoms. The van der Waals surface area contributed by atoms with Crippen LogP contribution in [0, 0.1) is 6.92 Å². The smallest absolute Gasteiger partial charge is 0.193 e. The third-order valence-electron chi connectivity index (χ3n) is 4.72. The highest BCUT2D eigenvalue weighted by Gasteiger charge is 2.22. The monoisotopic (exact) mass is 317 g/mol. The molecule has 1 fully saturated rings. The number of rotatable bonds is 4. The van der Waals surface area contributed by atoms with Crippen molar-refractivity contribution in [2.24, 2.45) is 4.99 Å². The molecule has 0 radical (unpaired) electrons. The molecule has 1 atom stereocenters. The number of hydrogen-bond acceptors (Lipinski definition) is 3. The van der Waals surface area contributed by atoms with Crippen LogP contribution in [0.2, 0.25) is 0 Å². The Labute approximate surface area is 141 Å². The van der Waals surface area contributed by atoms with E-state index in [4.69, 9.17) is 0 Å². The number of likely N-dealkylation sites (N-methyl/N-ethyl adjacent to an activating group) is 2. The van der Waals surface area contributed by atoms with E-state index in [1.807, 2.05) is 7.05 Å². The Morgan fingerprint density at radius 2 is 2.04 bits per heavy atom. The molecule has 128 valence electrons. The average molecular weight is 317 g/mol. The molecule has 0 amide bonds. The highest BCUT2D eigenvalue weighted by molar-refractivity contribution is 5.79. The maximum atomic E-state index is 4.44. The minimum absolute atomic E-state index is 0.525. The Hall–Kier alpha value is -1.59. The average Bonchev–Trinajstić information content (AvgIpc) is 2.53. The van der Waals surface area contributed by atoms with Gasteiger partial charge in [-0.25, -0.2) is 0 Å². The molecule has 1 aliphatic rings. The van der Waals surface area contributed by atoms with Crippen LogP contribution in [0.3, 0.4) is 0 Å². The molecule has 0 aromatic heterocycles. The van der Waals surface area contributed by atoms with Gasteiger partial charge in [-0.2, -0.15) is 0 Å². The summed E-state index contributed by atoms with van der Waals surface area (Å²) in [6.07, 6.45) is 0. The highest BCUT2D eigenvalue weighted by Crippen LogP contribution is 2.10. The van der Waals surface area contributed by atoms with Crippen LogP contribution < -0.4 is 5.32 Å². The summed E-state index contributed by atoms with van der Waals surface area (Å²) in [5.74, 6) is 0.954. The Bertz CT molecular complexity index is 528. The van der Waals surface area contributed by atoms with Crippen LogP contribution in [0.15, 0.2) is 29.3 Å². The number of aryl methyl sites for hydroxylation is 1. The molecule has 0 saturated carbocycles. The van der Waals surface area contributed by atoms with Gasteiger partial charge in [-0.3, -0.25) is 9.89 Å². The number of benzene rings is 1. The highest BCUT2D eigenvalue weighted by atomic mass is 15.3. The zero-order chi connectivity index (χ0) is 16.8. The van der Waals surface area contributed by atoms with Gasteiger partial charge in [0.2, 0.25) is 0 Å². The van der Waals surface area contributed by atoms with E-state index in [1.54, 1.807) is 0 Å². The zero-order valence-corrected chi connectivity index (χ0v) is 15.2. The third-order valence-corrected chi connectivity index (χ3v) is 4.72. The maximum Gasteiger partial charge on any atom is 0.193 e. The van der Waals surface area contributed by atoms with Gasteiger partial charge in [-0.15, -0.1) is 0 Å². The summed E-state index contributed by atoms with van der Waals surface area (Å²) in [7, 11) is 8.35. The fourth-order valence-electron chi connectivity index (χ4n) is 3.03. The van der Waals surface area contributed by atoms with E-state index in [2.05, 4.69) is 77.3 Å². The van der Waals surface area contributed by atoms with E-state index >= 15 is 0 Å². The topological polar surface area (TPSA) is 34.1 Å². The van der Waals surface area contributed by atoms with E-state index in [0.717, 1.165) is 38.7 Å². The summed E-state index contributed by atoms with van der Waals surface area (Å²) in [5, 5.41) is 3.54. The SMILES string of the molecule is CN=C(NCC1CN(C)CCN1C)N(C)Cc1ccccc1C. The normalized spacial score (nSPS) is 20.6. The number of guanidine groups is 1. The summed E-state index contributed by atoms with van der Waals surface area (Å²) >= 11 is 0. The minimum atomic E-state index is 0.525. The van der Waals surface area contributed by atoms with Crippen molar-refractivity contribution in [3.05, 3.63) is 35.4 Å². The molecule has 1 heterocycles. The second-order valence-electron chi connectivity index (χ2n) is 6.61. The molecule has 1 aromatic carbocycles. The van der Waals surface area contributed by atoms with Gasteiger partial charge in [0.05, 0.1) is 0 Å². The van der Waals surface area contributed by atoms with Gasteiger partial charge in [0.15, 0.2) is 5.96 Å². The summed E-state index contributed by atoms with van der Waals surface area (Å²) in [5.41, 5.74) is 2.66. The lowest BCUT2D eigenvalue weighted by molar-refractivity contribution is 0.116. The molecular formula is C18H31N5. The van der Waals surface area contributed by atoms with Gasteiger partial charge in [0.25, 0.3) is 0 Å². The van der Waals surface area contributed by atoms with Crippen molar-refractivity contribution in [1.29, 1.82) is 0 Å². The van der Waals surface area contributed by atoms with E-state index in [0.29, 0.717) is 6.04 Å². The number of aliphatic imine (C=N–C) groups is 1. The first-order valence-electron chi connectivity index (χ1n) is 8.36. The van der Waals surface area contributed by atoms with E-state index in [-0.39, 0.29) is 0 Å². The standard InChI is InChI=1S/C18H31N5/c1-15-8-6-7-9-16(15)13-23(5)18(19-2)20-12-17-14-21(3)10-11-22(17)4/h6-9,17H,10-14H2,1-5H3,(H,19,20). The Morgan fingerprint density at radius 3 is 2.74 bits per heavy atom. The largest absolute Gasteiger partial charge is 0.355 e. The molecule has 5 heteroatoms. The maximum absolute atomic E-state index is 4.44. The Balaban J connectivity index is 1.90. The van der Waals surface area contributed by atoms with Crippen molar-refractivity contribution in [1.82, 2.24) is 20.0 Å². The van der Waals surface area contributed by atoms with Crippen molar-refractivity contribution >= 4 is 5.96 Å². The van der Waals surface area contributed by atoms with Crippen molar-refractivity contribution in [3.8, 4) is 0 Å². The number of nitrogens with zero attached hydrogens (tertiary/aromatic N) is 4. The van der Waals surface area contributed by atoms with Crippen LogP contribution >= 0.6 is 0 Å². The van der Waals surface area contributed by atoms with Crippen LogP contribution in [0.5, 0.6) is 0 Å². The number of hydrogen-bond donors (Lipinski definition) is 1. The first-order chi connectivity index (χ1) is 11.0. The predicted molar refractivity (Wildman–Crippen MR) is 97.9 cm³/mol. The van der Waals surface area contributed by atoms with Crippen LogP contribution in [0.4, 0.5) is 0 Å². The molecule has 1 aliphatic heterocycles. The molecule has 0 aliphatic carbocycles. The fraction of sp³-hybridized carbons (Fsp3) is 0.611. The lowest BCUT2D eigenvalue weighted by Gasteiger charge is -2.38. The van der Waals surface area contributed by atoms with E-state index in [9.17, 15) is 0 Å². The summed E-state index contributed by atoms with van der Waals surface area (Å²) in [6, 6.07) is 9.05. The first kappa shape index (κ1) is 17.8. The molecule has 23 heavy (non-hydrogen) atoms. The van der Waals surface area contributed by atoms with Crippen LogP contribution in [-0.2, 0) is 6.54 Å². The predicted octanol–water partition coefficient (Wildman–Crippen LogP) is 1.25. The van der Waals surface area contributed by atoms with Crippen LogP contribution in [0.1, 0.15) is 11.1 Å². The van der Waals surface area contributed by atoms with Gasteiger partial charge in [0.1, 0.15) is 0 Å². The molecule has 5 nitrogen and oxygen atoms in total. The molecule has 1 unspecified atom stereocenters. The molecule has 1 N–H and O–H groups in total. The van der Waals surface area contributed by atoms with Crippen molar-refractivity contribution < 1.29 is 0 Å². The van der Waals surface area contributed by atoms with Gasteiger partial charge < -0.3 is 15.1 Å². The third kappa shape index (κ3) is 4.94. The second-order valence-corrected chi connectivity index (χ2v) is 6.61. The minimum Gasteiger partial charge on any atom is -0.355 e. The van der Waals surface area contributed by atoms with Crippen molar-refractivity contribution in [3.63, 3.8) is 0 Å². The quantitative estimate of drug-likeness (QED) is 0.669. The van der Waals surface area contributed by atoms with Crippen molar-refractivity contribution in [2.45, 2.75) is 19.5 Å².